The molecule has 0 saturated heterocycles. The number of ether oxygens (including phenoxy) is 1. The third-order valence-corrected chi connectivity index (χ3v) is 2.61. The highest BCUT2D eigenvalue weighted by molar-refractivity contribution is 5.43. The number of nitrogens with zero attached hydrogens (tertiary/aromatic N) is 3. The van der Waals surface area contributed by atoms with E-state index in [-0.39, 0.29) is 5.75 Å². The van der Waals surface area contributed by atoms with Gasteiger partial charge in [-0.3, -0.25) is 0 Å². The molecule has 1 aromatic heterocycles. The number of anilines is 1. The Balaban J connectivity index is 2.12. The van der Waals surface area contributed by atoms with E-state index in [0.29, 0.717) is 18.2 Å². The van der Waals surface area contributed by atoms with Gasteiger partial charge in [-0.1, -0.05) is 6.07 Å². The van der Waals surface area contributed by atoms with Crippen LogP contribution in [-0.4, -0.2) is 29.2 Å². The Morgan fingerprint density at radius 3 is 2.58 bits per heavy atom. The molecule has 0 aliphatic heterocycles. The summed E-state index contributed by atoms with van der Waals surface area (Å²) in [5, 5.41) is 9.69. The van der Waals surface area contributed by atoms with Crippen molar-refractivity contribution >= 4 is 5.95 Å². The van der Waals surface area contributed by atoms with E-state index < -0.39 is 5.82 Å². The zero-order chi connectivity index (χ0) is 13.8. The van der Waals surface area contributed by atoms with Gasteiger partial charge in [-0.05, 0) is 17.7 Å². The van der Waals surface area contributed by atoms with Crippen molar-refractivity contribution in [3.63, 3.8) is 0 Å². The molecule has 19 heavy (non-hydrogen) atoms. The lowest BCUT2D eigenvalue weighted by Gasteiger charge is -2.17. The first-order chi connectivity index (χ1) is 9.10. The molecule has 0 spiro atoms. The third kappa shape index (κ3) is 3.09. The summed E-state index contributed by atoms with van der Waals surface area (Å²) >= 11 is 0. The van der Waals surface area contributed by atoms with E-state index in [4.69, 9.17) is 4.74 Å². The average Bonchev–Trinajstić information content (AvgIpc) is 2.39. The van der Waals surface area contributed by atoms with Crippen LogP contribution in [0, 0.1) is 5.82 Å². The van der Waals surface area contributed by atoms with E-state index in [1.165, 1.54) is 7.11 Å². The zero-order valence-electron chi connectivity index (χ0n) is 10.7. The minimum atomic E-state index is -0.473. The van der Waals surface area contributed by atoms with Crippen molar-refractivity contribution in [3.05, 3.63) is 42.0 Å². The lowest BCUT2D eigenvalue weighted by Crippen LogP contribution is -2.19. The van der Waals surface area contributed by atoms with E-state index in [1.807, 2.05) is 6.07 Å². The Kier molecular flexibility index (Phi) is 3.79. The fourth-order valence-electron chi connectivity index (χ4n) is 1.68. The molecule has 1 heterocycles. The fourth-order valence-corrected chi connectivity index (χ4v) is 1.68. The number of rotatable bonds is 4. The number of aromatic nitrogens is 2. The summed E-state index contributed by atoms with van der Waals surface area (Å²) in [6.07, 6.45) is 2.23. The van der Waals surface area contributed by atoms with E-state index in [1.54, 1.807) is 24.1 Å². The predicted octanol–water partition coefficient (Wildman–Crippen LogP) is 1.97. The number of benzene rings is 1. The monoisotopic (exact) mass is 263 g/mol. The van der Waals surface area contributed by atoms with Crippen LogP contribution in [0.2, 0.25) is 0 Å². The lowest BCUT2D eigenvalue weighted by molar-refractivity contribution is 0.373. The van der Waals surface area contributed by atoms with Gasteiger partial charge in [0.25, 0.3) is 0 Å². The van der Waals surface area contributed by atoms with Crippen LogP contribution in [0.15, 0.2) is 30.6 Å². The largest absolute Gasteiger partial charge is 0.504 e. The summed E-state index contributed by atoms with van der Waals surface area (Å²) < 4.78 is 17.7. The number of hydrogen-bond acceptors (Lipinski definition) is 5. The van der Waals surface area contributed by atoms with Crippen LogP contribution in [0.3, 0.4) is 0 Å². The molecule has 0 bridgehead atoms. The smallest absolute Gasteiger partial charge is 0.225 e. The summed E-state index contributed by atoms with van der Waals surface area (Å²) in [5.41, 5.74) is 0.869. The first kappa shape index (κ1) is 13.1. The summed E-state index contributed by atoms with van der Waals surface area (Å²) in [5.74, 6) is 0.439. The quantitative estimate of drug-likeness (QED) is 0.913. The normalized spacial score (nSPS) is 10.3. The minimum Gasteiger partial charge on any atom is -0.504 e. The van der Waals surface area contributed by atoms with Gasteiger partial charge >= 0.3 is 0 Å². The van der Waals surface area contributed by atoms with E-state index in [9.17, 15) is 9.50 Å². The number of halogens is 1. The lowest BCUT2D eigenvalue weighted by atomic mass is 10.2. The molecule has 0 atom stereocenters. The molecule has 0 radical (unpaired) electrons. The van der Waals surface area contributed by atoms with Crippen molar-refractivity contribution in [2.24, 2.45) is 0 Å². The van der Waals surface area contributed by atoms with Gasteiger partial charge in [0.1, 0.15) is 0 Å². The van der Waals surface area contributed by atoms with E-state index in [2.05, 4.69) is 9.97 Å². The Labute approximate surface area is 110 Å². The Morgan fingerprint density at radius 1 is 1.32 bits per heavy atom. The number of phenolic OH excluding ortho intramolecular Hbond substituents is 1. The molecular formula is C13H14FN3O2. The maximum Gasteiger partial charge on any atom is 0.225 e. The first-order valence-corrected chi connectivity index (χ1v) is 5.64. The number of methoxy groups -OCH3 is 1. The van der Waals surface area contributed by atoms with Crippen molar-refractivity contribution in [1.29, 1.82) is 0 Å². The van der Waals surface area contributed by atoms with Crippen LogP contribution in [0.4, 0.5) is 10.3 Å². The molecule has 0 fully saturated rings. The molecular weight excluding hydrogens is 249 g/mol. The molecule has 5 nitrogen and oxygen atoms in total. The van der Waals surface area contributed by atoms with Gasteiger partial charge in [0.2, 0.25) is 5.95 Å². The summed E-state index contributed by atoms with van der Waals surface area (Å²) in [6.45, 7) is 0.489. The average molecular weight is 263 g/mol. The van der Waals surface area contributed by atoms with Gasteiger partial charge in [0.05, 0.1) is 19.5 Å². The van der Waals surface area contributed by atoms with Crippen molar-refractivity contribution in [2.75, 3.05) is 19.1 Å². The Bertz CT molecular complexity index is 560. The SMILES string of the molecule is COc1ccc(CN(C)c2ncc(F)cn2)cc1O. The summed E-state index contributed by atoms with van der Waals surface area (Å²) in [4.78, 5) is 9.52. The molecule has 0 unspecified atom stereocenters. The number of hydrogen-bond donors (Lipinski definition) is 1. The zero-order valence-corrected chi connectivity index (χ0v) is 10.7. The molecule has 1 aromatic carbocycles. The highest BCUT2D eigenvalue weighted by Crippen LogP contribution is 2.26. The molecule has 2 aromatic rings. The first-order valence-electron chi connectivity index (χ1n) is 5.64. The molecule has 1 N–H and O–H groups in total. The second kappa shape index (κ2) is 5.51. The van der Waals surface area contributed by atoms with Gasteiger partial charge in [0.15, 0.2) is 17.3 Å². The highest BCUT2D eigenvalue weighted by atomic mass is 19.1. The van der Waals surface area contributed by atoms with E-state index >= 15 is 0 Å². The maximum atomic E-state index is 12.7. The third-order valence-electron chi connectivity index (χ3n) is 2.61. The molecule has 0 saturated carbocycles. The fraction of sp³-hybridized carbons (Fsp3) is 0.231. The predicted molar refractivity (Wildman–Crippen MR) is 68.8 cm³/mol. The number of aromatic hydroxyl groups is 1. The van der Waals surface area contributed by atoms with Crippen molar-refractivity contribution in [1.82, 2.24) is 9.97 Å². The molecule has 0 aliphatic carbocycles. The molecule has 6 heteroatoms. The van der Waals surface area contributed by atoms with Crippen LogP contribution in [0.25, 0.3) is 0 Å². The van der Waals surface area contributed by atoms with Crippen LogP contribution in [0.1, 0.15) is 5.56 Å². The van der Waals surface area contributed by atoms with Gasteiger partial charge < -0.3 is 14.7 Å². The van der Waals surface area contributed by atoms with Crippen molar-refractivity contribution < 1.29 is 14.2 Å². The Hall–Kier alpha value is -2.37. The van der Waals surface area contributed by atoms with Crippen LogP contribution >= 0.6 is 0 Å². The van der Waals surface area contributed by atoms with Gasteiger partial charge in [-0.25, -0.2) is 14.4 Å². The highest BCUT2D eigenvalue weighted by Gasteiger charge is 2.08. The second-order valence-electron chi connectivity index (χ2n) is 4.06. The van der Waals surface area contributed by atoms with Crippen LogP contribution in [0.5, 0.6) is 11.5 Å². The summed E-state index contributed by atoms with van der Waals surface area (Å²) in [7, 11) is 3.28. The minimum absolute atomic E-state index is 0.0772. The van der Waals surface area contributed by atoms with Gasteiger partial charge in [-0.15, -0.1) is 0 Å². The van der Waals surface area contributed by atoms with Gasteiger partial charge in [0, 0.05) is 13.6 Å². The van der Waals surface area contributed by atoms with Crippen molar-refractivity contribution in [3.8, 4) is 11.5 Å². The van der Waals surface area contributed by atoms with Gasteiger partial charge in [-0.2, -0.15) is 0 Å². The van der Waals surface area contributed by atoms with E-state index in [0.717, 1.165) is 18.0 Å². The molecule has 100 valence electrons. The molecule has 2 rings (SSSR count). The molecule has 0 aliphatic rings. The topological polar surface area (TPSA) is 58.5 Å². The standard InChI is InChI=1S/C13H14FN3O2/c1-17(13-15-6-10(14)7-16-13)8-9-3-4-12(19-2)11(18)5-9/h3-7,18H,8H2,1-2H3. The van der Waals surface area contributed by atoms with Crippen molar-refractivity contribution in [2.45, 2.75) is 6.54 Å². The molecule has 0 amide bonds. The summed E-state index contributed by atoms with van der Waals surface area (Å²) in [6, 6.07) is 5.13. The maximum absolute atomic E-state index is 12.7. The van der Waals surface area contributed by atoms with Crippen LogP contribution in [-0.2, 0) is 6.54 Å². The van der Waals surface area contributed by atoms with Crippen LogP contribution < -0.4 is 9.64 Å². The second-order valence-corrected chi connectivity index (χ2v) is 4.06. The Morgan fingerprint density at radius 2 is 2.00 bits per heavy atom. The number of phenols is 1.